The van der Waals surface area contributed by atoms with Gasteiger partial charge in [0, 0.05) is 10.7 Å². The number of aryl methyl sites for hydroxylation is 1. The summed E-state index contributed by atoms with van der Waals surface area (Å²) < 4.78 is 15.4. The molecule has 4 heteroatoms. The van der Waals surface area contributed by atoms with Crippen LogP contribution in [0.2, 0.25) is 5.02 Å². The largest absolute Gasteiger partial charge is 0.301 e. The topological polar surface area (TPSA) is 29.1 Å². The molecule has 2 aromatic rings. The zero-order valence-corrected chi connectivity index (χ0v) is 16.3. The monoisotopic (exact) mass is 351 g/mol. The van der Waals surface area contributed by atoms with Gasteiger partial charge >= 0.3 is 0 Å². The summed E-state index contributed by atoms with van der Waals surface area (Å²) in [6, 6.07) is 13.4. The molecule has 2 rings (SSSR count). The molecule has 0 aliphatic heterocycles. The van der Waals surface area contributed by atoms with E-state index in [0.29, 0.717) is 5.02 Å². The Morgan fingerprint density at radius 1 is 1.00 bits per heavy atom. The Hall–Kier alpha value is -1.32. The molecule has 1 unspecified atom stereocenters. The number of hydrogen-bond acceptors (Lipinski definition) is 1. The van der Waals surface area contributed by atoms with E-state index in [4.69, 9.17) is 11.6 Å². The first kappa shape index (κ1) is 19.7. The Kier molecular flexibility index (Phi) is 7.30. The molecular weight excluding hydrogens is 326 g/mol. The summed E-state index contributed by atoms with van der Waals surface area (Å²) in [6.07, 6.45) is 0. The number of nitrogens with one attached hydrogen (secondary N) is 1. The standard InChI is InChI=1S/C17H20ClNOS.C2H6/c1-12-11-14(18)7-10-16(12)19-21(20)15-8-5-13(6-9-15)17(2,3)4;1-2/h5-11,19H,1-4H3;1-2H3. The van der Waals surface area contributed by atoms with E-state index in [9.17, 15) is 4.21 Å². The van der Waals surface area contributed by atoms with Gasteiger partial charge in [-0.3, -0.25) is 0 Å². The van der Waals surface area contributed by atoms with Crippen molar-refractivity contribution in [3.63, 3.8) is 0 Å². The van der Waals surface area contributed by atoms with Crippen LogP contribution in [-0.4, -0.2) is 4.21 Å². The van der Waals surface area contributed by atoms with Crippen molar-refractivity contribution in [3.05, 3.63) is 58.6 Å². The lowest BCUT2D eigenvalue weighted by Crippen LogP contribution is -2.11. The lowest BCUT2D eigenvalue weighted by atomic mass is 9.87. The maximum Gasteiger partial charge on any atom is 0.150 e. The molecule has 2 aromatic carbocycles. The summed E-state index contributed by atoms with van der Waals surface area (Å²) in [6.45, 7) is 12.4. The molecule has 23 heavy (non-hydrogen) atoms. The van der Waals surface area contributed by atoms with Crippen LogP contribution in [0.3, 0.4) is 0 Å². The number of hydrogen-bond donors (Lipinski definition) is 1. The number of anilines is 1. The van der Waals surface area contributed by atoms with Crippen molar-refractivity contribution in [1.29, 1.82) is 0 Å². The molecule has 0 aromatic heterocycles. The van der Waals surface area contributed by atoms with Crippen LogP contribution in [-0.2, 0) is 16.4 Å². The van der Waals surface area contributed by atoms with E-state index in [1.807, 2.05) is 57.2 Å². The lowest BCUT2D eigenvalue weighted by molar-refractivity contribution is 0.589. The summed E-state index contributed by atoms with van der Waals surface area (Å²) >= 11 is 5.93. The molecule has 0 aliphatic rings. The molecule has 0 aliphatic carbocycles. The van der Waals surface area contributed by atoms with Crippen molar-refractivity contribution in [2.24, 2.45) is 0 Å². The minimum Gasteiger partial charge on any atom is -0.301 e. The van der Waals surface area contributed by atoms with Crippen molar-refractivity contribution in [2.75, 3.05) is 4.72 Å². The fourth-order valence-electron chi connectivity index (χ4n) is 1.98. The molecule has 126 valence electrons. The molecule has 1 atom stereocenters. The summed E-state index contributed by atoms with van der Waals surface area (Å²) in [4.78, 5) is 0.761. The fourth-order valence-corrected chi connectivity index (χ4v) is 3.14. The zero-order chi connectivity index (χ0) is 17.6. The van der Waals surface area contributed by atoms with E-state index in [2.05, 4.69) is 25.5 Å². The van der Waals surface area contributed by atoms with E-state index in [1.54, 1.807) is 6.07 Å². The molecule has 0 amide bonds. The van der Waals surface area contributed by atoms with E-state index < -0.39 is 11.0 Å². The van der Waals surface area contributed by atoms with E-state index in [1.165, 1.54) is 5.56 Å². The Bertz CT molecular complexity index is 660. The highest BCUT2D eigenvalue weighted by atomic mass is 35.5. The maximum absolute atomic E-state index is 12.4. The second-order valence-corrected chi connectivity index (χ2v) is 7.75. The van der Waals surface area contributed by atoms with Crippen molar-refractivity contribution in [2.45, 2.75) is 51.9 Å². The lowest BCUT2D eigenvalue weighted by Gasteiger charge is -2.19. The Morgan fingerprint density at radius 2 is 1.57 bits per heavy atom. The van der Waals surface area contributed by atoms with Gasteiger partial charge in [-0.1, -0.05) is 58.4 Å². The van der Waals surface area contributed by atoms with Crippen LogP contribution < -0.4 is 4.72 Å². The molecule has 0 heterocycles. The molecule has 0 spiro atoms. The average molecular weight is 352 g/mol. The summed E-state index contributed by atoms with van der Waals surface area (Å²) in [5.74, 6) is 0. The predicted molar refractivity (Wildman–Crippen MR) is 103 cm³/mol. The summed E-state index contributed by atoms with van der Waals surface area (Å²) in [7, 11) is -1.28. The summed E-state index contributed by atoms with van der Waals surface area (Å²) in [5.41, 5.74) is 3.13. The first-order valence-electron chi connectivity index (χ1n) is 7.82. The Morgan fingerprint density at radius 3 is 2.04 bits per heavy atom. The van der Waals surface area contributed by atoms with E-state index in [-0.39, 0.29) is 5.41 Å². The van der Waals surface area contributed by atoms with Gasteiger partial charge < -0.3 is 4.72 Å². The van der Waals surface area contributed by atoms with Gasteiger partial charge in [-0.25, -0.2) is 4.21 Å². The van der Waals surface area contributed by atoms with Crippen molar-refractivity contribution < 1.29 is 4.21 Å². The quantitative estimate of drug-likeness (QED) is 0.710. The molecule has 0 bridgehead atoms. The smallest absolute Gasteiger partial charge is 0.150 e. The number of rotatable bonds is 3. The van der Waals surface area contributed by atoms with Gasteiger partial charge in [-0.2, -0.15) is 0 Å². The first-order valence-corrected chi connectivity index (χ1v) is 9.35. The SMILES string of the molecule is CC.Cc1cc(Cl)ccc1NS(=O)c1ccc(C(C)(C)C)cc1. The number of benzene rings is 2. The molecule has 2 nitrogen and oxygen atoms in total. The van der Waals surface area contributed by atoms with Gasteiger partial charge in [0.05, 0.1) is 4.90 Å². The average Bonchev–Trinajstić information content (AvgIpc) is 2.51. The second kappa shape index (κ2) is 8.51. The van der Waals surface area contributed by atoms with Gasteiger partial charge in [0.15, 0.2) is 0 Å². The van der Waals surface area contributed by atoms with Crippen LogP contribution >= 0.6 is 11.6 Å². The van der Waals surface area contributed by atoms with Crippen LogP contribution in [0, 0.1) is 6.92 Å². The Balaban J connectivity index is 0.00000127. The van der Waals surface area contributed by atoms with Crippen molar-refractivity contribution >= 4 is 28.3 Å². The minimum absolute atomic E-state index is 0.0974. The highest BCUT2D eigenvalue weighted by Crippen LogP contribution is 2.24. The first-order chi connectivity index (χ1) is 10.8. The van der Waals surface area contributed by atoms with E-state index >= 15 is 0 Å². The molecule has 0 radical (unpaired) electrons. The number of halogens is 1. The van der Waals surface area contributed by atoms with Crippen molar-refractivity contribution in [1.82, 2.24) is 0 Å². The van der Waals surface area contributed by atoms with Gasteiger partial charge in [-0.15, -0.1) is 0 Å². The third-order valence-electron chi connectivity index (χ3n) is 3.33. The van der Waals surface area contributed by atoms with E-state index in [0.717, 1.165) is 16.1 Å². The van der Waals surface area contributed by atoms with Crippen LogP contribution in [0.15, 0.2) is 47.4 Å². The third-order valence-corrected chi connectivity index (χ3v) is 4.67. The van der Waals surface area contributed by atoms with Crippen LogP contribution in [0.1, 0.15) is 45.7 Å². The van der Waals surface area contributed by atoms with Gasteiger partial charge in [-0.05, 0) is 53.8 Å². The molecule has 0 saturated heterocycles. The molecular formula is C19H26ClNOS. The second-order valence-electron chi connectivity index (χ2n) is 6.10. The predicted octanol–water partition coefficient (Wildman–Crippen LogP) is 6.11. The third kappa shape index (κ3) is 5.67. The fraction of sp³-hybridized carbons (Fsp3) is 0.368. The maximum atomic E-state index is 12.4. The normalized spacial score (nSPS) is 12.1. The molecule has 1 N–H and O–H groups in total. The molecule has 0 fully saturated rings. The van der Waals surface area contributed by atoms with Crippen molar-refractivity contribution in [3.8, 4) is 0 Å². The summed E-state index contributed by atoms with van der Waals surface area (Å²) in [5, 5.41) is 0.679. The van der Waals surface area contributed by atoms with Crippen LogP contribution in [0.5, 0.6) is 0 Å². The highest BCUT2D eigenvalue weighted by molar-refractivity contribution is 7.86. The molecule has 0 saturated carbocycles. The van der Waals surface area contributed by atoms with Crippen LogP contribution in [0.25, 0.3) is 0 Å². The zero-order valence-electron chi connectivity index (χ0n) is 14.7. The van der Waals surface area contributed by atoms with Gasteiger partial charge in [0.1, 0.15) is 11.0 Å². The minimum atomic E-state index is -1.28. The van der Waals surface area contributed by atoms with Gasteiger partial charge in [0.25, 0.3) is 0 Å². The Labute approximate surface area is 147 Å². The van der Waals surface area contributed by atoms with Crippen LogP contribution in [0.4, 0.5) is 5.69 Å². The van der Waals surface area contributed by atoms with Gasteiger partial charge in [0.2, 0.25) is 0 Å². The highest BCUT2D eigenvalue weighted by Gasteiger charge is 2.14.